The van der Waals surface area contributed by atoms with Crippen molar-refractivity contribution in [2.45, 2.75) is 0 Å². The Bertz CT molecular complexity index is 557. The minimum absolute atomic E-state index is 0.306. The maximum atomic E-state index is 11.7. The van der Waals surface area contributed by atoms with Crippen LogP contribution in [0.15, 0.2) is 53.0 Å². The zero-order chi connectivity index (χ0) is 13.0. The third-order valence-corrected chi connectivity index (χ3v) is 2.95. The highest BCUT2D eigenvalue weighted by molar-refractivity contribution is 9.10. The third kappa shape index (κ3) is 3.75. The lowest BCUT2D eigenvalue weighted by molar-refractivity contribution is 0.262. The van der Waals surface area contributed by atoms with Gasteiger partial charge in [0.05, 0.1) is 0 Å². The van der Waals surface area contributed by atoms with Gasteiger partial charge >= 0.3 is 6.03 Å². The monoisotopic (exact) mass is 324 g/mol. The molecule has 0 aromatic heterocycles. The fourth-order valence-corrected chi connectivity index (χ4v) is 1.85. The Hall–Kier alpha value is -1.52. The van der Waals surface area contributed by atoms with Crippen LogP contribution in [-0.2, 0) is 0 Å². The van der Waals surface area contributed by atoms with Crippen LogP contribution in [0.4, 0.5) is 16.2 Å². The summed E-state index contributed by atoms with van der Waals surface area (Å²) < 4.78 is 0.961. The van der Waals surface area contributed by atoms with E-state index in [1.54, 1.807) is 24.3 Å². The Labute approximate surface area is 118 Å². The molecule has 2 rings (SSSR count). The minimum Gasteiger partial charge on any atom is -0.308 e. The van der Waals surface area contributed by atoms with Crippen LogP contribution in [0.25, 0.3) is 0 Å². The van der Waals surface area contributed by atoms with Gasteiger partial charge in [-0.05, 0) is 42.5 Å². The second kappa shape index (κ2) is 5.89. The number of nitrogens with one attached hydrogen (secondary N) is 2. The van der Waals surface area contributed by atoms with Gasteiger partial charge in [0.25, 0.3) is 0 Å². The van der Waals surface area contributed by atoms with E-state index < -0.39 is 0 Å². The van der Waals surface area contributed by atoms with Gasteiger partial charge < -0.3 is 10.6 Å². The van der Waals surface area contributed by atoms with Gasteiger partial charge in [0.2, 0.25) is 0 Å². The molecule has 92 valence electrons. The van der Waals surface area contributed by atoms with Crippen molar-refractivity contribution in [2.75, 3.05) is 10.6 Å². The van der Waals surface area contributed by atoms with E-state index in [0.717, 1.165) is 10.2 Å². The summed E-state index contributed by atoms with van der Waals surface area (Å²) in [6, 6.07) is 14.0. The van der Waals surface area contributed by atoms with Gasteiger partial charge in [-0.3, -0.25) is 0 Å². The molecule has 0 aliphatic heterocycles. The van der Waals surface area contributed by atoms with Crippen LogP contribution in [0.1, 0.15) is 0 Å². The Kier molecular flexibility index (Phi) is 4.23. The fourth-order valence-electron chi connectivity index (χ4n) is 1.39. The number of hydrogen-bond donors (Lipinski definition) is 2. The summed E-state index contributed by atoms with van der Waals surface area (Å²) >= 11 is 9.16. The Morgan fingerprint density at radius 3 is 2.33 bits per heavy atom. The molecule has 0 aliphatic rings. The van der Waals surface area contributed by atoms with Crippen molar-refractivity contribution in [3.8, 4) is 0 Å². The van der Waals surface area contributed by atoms with E-state index in [4.69, 9.17) is 11.6 Å². The summed E-state index contributed by atoms with van der Waals surface area (Å²) in [6.45, 7) is 0. The van der Waals surface area contributed by atoms with Gasteiger partial charge in [-0.1, -0.05) is 33.6 Å². The molecule has 0 heterocycles. The molecular formula is C13H10BrClN2O. The Balaban J connectivity index is 1.98. The molecule has 18 heavy (non-hydrogen) atoms. The first-order chi connectivity index (χ1) is 8.63. The number of benzene rings is 2. The van der Waals surface area contributed by atoms with Crippen LogP contribution in [0, 0.1) is 0 Å². The van der Waals surface area contributed by atoms with Crippen molar-refractivity contribution in [1.29, 1.82) is 0 Å². The van der Waals surface area contributed by atoms with Crippen LogP contribution < -0.4 is 10.6 Å². The molecule has 0 unspecified atom stereocenters. The van der Waals surface area contributed by atoms with E-state index >= 15 is 0 Å². The van der Waals surface area contributed by atoms with Crippen LogP contribution >= 0.6 is 27.5 Å². The number of carbonyl (C=O) groups excluding carboxylic acids is 1. The first kappa shape index (κ1) is 12.9. The maximum absolute atomic E-state index is 11.7. The second-order valence-corrected chi connectivity index (χ2v) is 4.95. The van der Waals surface area contributed by atoms with Gasteiger partial charge in [0.15, 0.2) is 0 Å². The van der Waals surface area contributed by atoms with Gasteiger partial charge in [-0.15, -0.1) is 0 Å². The highest BCUT2D eigenvalue weighted by Gasteiger charge is 2.02. The highest BCUT2D eigenvalue weighted by atomic mass is 79.9. The second-order valence-electron chi connectivity index (χ2n) is 3.60. The molecule has 0 bridgehead atoms. The molecule has 0 atom stereocenters. The topological polar surface area (TPSA) is 41.1 Å². The number of anilines is 2. The standard InChI is InChI=1S/C13H10BrClN2O/c14-9-4-6-11(7-5-9)16-13(18)17-12-3-1-2-10(15)8-12/h1-8H,(H2,16,17,18). The SMILES string of the molecule is O=C(Nc1ccc(Br)cc1)Nc1cccc(Cl)c1. The summed E-state index contributed by atoms with van der Waals surface area (Å²) in [5.74, 6) is 0. The molecule has 0 radical (unpaired) electrons. The number of amides is 2. The number of halogens is 2. The van der Waals surface area contributed by atoms with Crippen molar-refractivity contribution < 1.29 is 4.79 Å². The molecule has 0 saturated carbocycles. The molecular weight excluding hydrogens is 316 g/mol. The van der Waals surface area contributed by atoms with Crippen LogP contribution in [0.2, 0.25) is 5.02 Å². The summed E-state index contributed by atoms with van der Waals surface area (Å²) in [5.41, 5.74) is 1.37. The van der Waals surface area contributed by atoms with Crippen LogP contribution in [0.5, 0.6) is 0 Å². The number of urea groups is 1. The average Bonchev–Trinajstić information content (AvgIpc) is 2.32. The zero-order valence-corrected chi connectivity index (χ0v) is 11.6. The first-order valence-corrected chi connectivity index (χ1v) is 6.40. The number of hydrogen-bond acceptors (Lipinski definition) is 1. The van der Waals surface area contributed by atoms with Gasteiger partial charge in [0, 0.05) is 20.9 Å². The number of rotatable bonds is 2. The van der Waals surface area contributed by atoms with E-state index in [1.165, 1.54) is 0 Å². The molecule has 0 aliphatic carbocycles. The molecule has 3 nitrogen and oxygen atoms in total. The predicted octanol–water partition coefficient (Wildman–Crippen LogP) is 4.75. The molecule has 2 amide bonds. The van der Waals surface area contributed by atoms with Crippen LogP contribution in [0.3, 0.4) is 0 Å². The van der Waals surface area contributed by atoms with Gasteiger partial charge in [-0.25, -0.2) is 4.79 Å². The lowest BCUT2D eigenvalue weighted by Crippen LogP contribution is -2.19. The van der Waals surface area contributed by atoms with E-state index in [1.807, 2.05) is 24.3 Å². The smallest absolute Gasteiger partial charge is 0.308 e. The van der Waals surface area contributed by atoms with Crippen molar-refractivity contribution in [3.05, 3.63) is 58.0 Å². The van der Waals surface area contributed by atoms with Crippen molar-refractivity contribution in [2.24, 2.45) is 0 Å². The number of carbonyl (C=O) groups is 1. The minimum atomic E-state index is -0.306. The lowest BCUT2D eigenvalue weighted by atomic mass is 10.3. The molecule has 0 fully saturated rings. The van der Waals surface area contributed by atoms with E-state index in [2.05, 4.69) is 26.6 Å². The quantitative estimate of drug-likeness (QED) is 0.822. The van der Waals surface area contributed by atoms with Crippen molar-refractivity contribution in [3.63, 3.8) is 0 Å². The molecule has 2 aromatic carbocycles. The van der Waals surface area contributed by atoms with E-state index in [0.29, 0.717) is 10.7 Å². The van der Waals surface area contributed by atoms with Crippen molar-refractivity contribution >= 4 is 44.9 Å². The molecule has 0 spiro atoms. The Morgan fingerprint density at radius 1 is 1.00 bits per heavy atom. The zero-order valence-electron chi connectivity index (χ0n) is 9.28. The normalized spacial score (nSPS) is 9.89. The molecule has 2 aromatic rings. The lowest BCUT2D eigenvalue weighted by Gasteiger charge is -2.07. The average molecular weight is 326 g/mol. The predicted molar refractivity (Wildman–Crippen MR) is 78.2 cm³/mol. The first-order valence-electron chi connectivity index (χ1n) is 5.22. The Morgan fingerprint density at radius 2 is 1.67 bits per heavy atom. The van der Waals surface area contributed by atoms with E-state index in [-0.39, 0.29) is 6.03 Å². The van der Waals surface area contributed by atoms with Crippen molar-refractivity contribution in [1.82, 2.24) is 0 Å². The third-order valence-electron chi connectivity index (χ3n) is 2.18. The highest BCUT2D eigenvalue weighted by Crippen LogP contribution is 2.16. The molecule has 0 saturated heterocycles. The maximum Gasteiger partial charge on any atom is 0.323 e. The summed E-state index contributed by atoms with van der Waals surface area (Å²) in [7, 11) is 0. The van der Waals surface area contributed by atoms with Crippen LogP contribution in [-0.4, -0.2) is 6.03 Å². The summed E-state index contributed by atoms with van der Waals surface area (Å²) in [5, 5.41) is 6.00. The van der Waals surface area contributed by atoms with E-state index in [9.17, 15) is 4.79 Å². The fraction of sp³-hybridized carbons (Fsp3) is 0. The largest absolute Gasteiger partial charge is 0.323 e. The molecule has 5 heteroatoms. The summed E-state index contributed by atoms with van der Waals surface area (Å²) in [4.78, 5) is 11.7. The van der Waals surface area contributed by atoms with Gasteiger partial charge in [-0.2, -0.15) is 0 Å². The van der Waals surface area contributed by atoms with Gasteiger partial charge in [0.1, 0.15) is 0 Å². The molecule has 2 N–H and O–H groups in total. The summed E-state index contributed by atoms with van der Waals surface area (Å²) in [6.07, 6.45) is 0.